The summed E-state index contributed by atoms with van der Waals surface area (Å²) in [5, 5.41) is 12.2. The zero-order chi connectivity index (χ0) is 18.3. The van der Waals surface area contributed by atoms with Gasteiger partial charge in [-0.25, -0.2) is 4.79 Å². The van der Waals surface area contributed by atoms with Gasteiger partial charge in [0, 0.05) is 6.54 Å². The first kappa shape index (κ1) is 20.4. The number of aliphatic carboxylic acids is 1. The standard InChI is InChI=1S/C17H30N2O5/c1-5-24-17(23)13(9-8-11(2)3)18-12(4)15(20)19-10-6-7-14(19)16(21)22/h11-14,18H,5-10H2,1-4H3,(H,21,22)/t12-,13?,14-/m0/s1. The van der Waals surface area contributed by atoms with Gasteiger partial charge in [-0.1, -0.05) is 13.8 Å². The highest BCUT2D eigenvalue weighted by atomic mass is 16.5. The van der Waals surface area contributed by atoms with Crippen molar-refractivity contribution in [3.8, 4) is 0 Å². The lowest BCUT2D eigenvalue weighted by Crippen LogP contribution is -2.53. The van der Waals surface area contributed by atoms with Gasteiger partial charge >= 0.3 is 11.9 Å². The summed E-state index contributed by atoms with van der Waals surface area (Å²) < 4.78 is 5.08. The molecule has 24 heavy (non-hydrogen) atoms. The molecule has 0 spiro atoms. The number of esters is 1. The number of likely N-dealkylation sites (tertiary alicyclic amines) is 1. The molecule has 0 aromatic carbocycles. The van der Waals surface area contributed by atoms with Gasteiger partial charge < -0.3 is 14.7 Å². The molecular weight excluding hydrogens is 312 g/mol. The Morgan fingerprint density at radius 3 is 2.46 bits per heavy atom. The summed E-state index contributed by atoms with van der Waals surface area (Å²) in [6, 6.07) is -1.96. The molecule has 0 saturated carbocycles. The lowest BCUT2D eigenvalue weighted by atomic mass is 10.0. The van der Waals surface area contributed by atoms with Gasteiger partial charge in [-0.3, -0.25) is 14.9 Å². The molecule has 0 radical (unpaired) electrons. The van der Waals surface area contributed by atoms with Crippen LogP contribution in [0.5, 0.6) is 0 Å². The molecule has 7 nitrogen and oxygen atoms in total. The van der Waals surface area contributed by atoms with Crippen molar-refractivity contribution in [2.75, 3.05) is 13.2 Å². The number of hydrogen-bond acceptors (Lipinski definition) is 5. The topological polar surface area (TPSA) is 95.9 Å². The van der Waals surface area contributed by atoms with Crippen LogP contribution in [0.3, 0.4) is 0 Å². The maximum absolute atomic E-state index is 12.6. The summed E-state index contributed by atoms with van der Waals surface area (Å²) in [5.74, 6) is -1.19. The largest absolute Gasteiger partial charge is 0.480 e. The number of carboxylic acid groups (broad SMARTS) is 1. The van der Waals surface area contributed by atoms with E-state index in [0.717, 1.165) is 6.42 Å². The Morgan fingerprint density at radius 1 is 1.25 bits per heavy atom. The second kappa shape index (κ2) is 9.61. The van der Waals surface area contributed by atoms with E-state index in [-0.39, 0.29) is 18.5 Å². The number of rotatable bonds is 9. The van der Waals surface area contributed by atoms with Gasteiger partial charge in [0.25, 0.3) is 0 Å². The molecule has 1 saturated heterocycles. The second-order valence-electron chi connectivity index (χ2n) is 6.69. The van der Waals surface area contributed by atoms with Gasteiger partial charge in [-0.15, -0.1) is 0 Å². The molecule has 0 bridgehead atoms. The highest BCUT2D eigenvalue weighted by Crippen LogP contribution is 2.19. The van der Waals surface area contributed by atoms with E-state index in [4.69, 9.17) is 4.74 Å². The van der Waals surface area contributed by atoms with Crippen LogP contribution in [0, 0.1) is 5.92 Å². The third-order valence-electron chi connectivity index (χ3n) is 4.25. The summed E-state index contributed by atoms with van der Waals surface area (Å²) in [7, 11) is 0. The van der Waals surface area contributed by atoms with Gasteiger partial charge in [-0.05, 0) is 45.4 Å². The molecule has 1 heterocycles. The summed E-state index contributed by atoms with van der Waals surface area (Å²) in [5.41, 5.74) is 0. The minimum atomic E-state index is -0.977. The first-order valence-electron chi connectivity index (χ1n) is 8.73. The molecule has 3 atom stereocenters. The fourth-order valence-electron chi connectivity index (χ4n) is 2.92. The van der Waals surface area contributed by atoms with Crippen LogP contribution in [-0.2, 0) is 19.1 Å². The van der Waals surface area contributed by atoms with Crippen LogP contribution in [-0.4, -0.2) is 59.1 Å². The number of nitrogens with one attached hydrogen (secondary N) is 1. The van der Waals surface area contributed by atoms with Crippen LogP contribution < -0.4 is 5.32 Å². The smallest absolute Gasteiger partial charge is 0.326 e. The van der Waals surface area contributed by atoms with Crippen LogP contribution in [0.25, 0.3) is 0 Å². The Bertz CT molecular complexity index is 452. The van der Waals surface area contributed by atoms with Crippen molar-refractivity contribution >= 4 is 17.8 Å². The average molecular weight is 342 g/mol. The van der Waals surface area contributed by atoms with Gasteiger partial charge in [0.05, 0.1) is 12.6 Å². The molecular formula is C17H30N2O5. The monoisotopic (exact) mass is 342 g/mol. The SMILES string of the molecule is CCOC(=O)C(CCC(C)C)N[C@@H](C)C(=O)N1CCC[C@H]1C(=O)O. The van der Waals surface area contributed by atoms with Crippen LogP contribution >= 0.6 is 0 Å². The van der Waals surface area contributed by atoms with E-state index in [1.807, 2.05) is 0 Å². The van der Waals surface area contributed by atoms with Crippen molar-refractivity contribution in [1.82, 2.24) is 10.2 Å². The summed E-state index contributed by atoms with van der Waals surface area (Å²) in [6.45, 7) is 8.28. The molecule has 0 aromatic rings. The number of carbonyl (C=O) groups is 3. The van der Waals surface area contributed by atoms with E-state index < -0.39 is 24.1 Å². The molecule has 1 aliphatic heterocycles. The fourth-order valence-corrected chi connectivity index (χ4v) is 2.92. The lowest BCUT2D eigenvalue weighted by molar-refractivity contribution is -0.150. The summed E-state index contributed by atoms with van der Waals surface area (Å²) in [6.07, 6.45) is 2.57. The highest BCUT2D eigenvalue weighted by Gasteiger charge is 2.36. The summed E-state index contributed by atoms with van der Waals surface area (Å²) in [4.78, 5) is 37.3. The number of nitrogens with zero attached hydrogens (tertiary/aromatic N) is 1. The molecule has 1 fully saturated rings. The van der Waals surface area contributed by atoms with Crippen molar-refractivity contribution in [2.45, 2.75) is 71.5 Å². The predicted octanol–water partition coefficient (Wildman–Crippen LogP) is 1.41. The second-order valence-corrected chi connectivity index (χ2v) is 6.69. The first-order chi connectivity index (χ1) is 11.3. The maximum atomic E-state index is 12.6. The molecule has 1 amide bonds. The molecule has 2 N–H and O–H groups in total. The molecule has 1 unspecified atom stereocenters. The van der Waals surface area contributed by atoms with Gasteiger partial charge in [0.2, 0.25) is 5.91 Å². The summed E-state index contributed by atoms with van der Waals surface area (Å²) >= 11 is 0. The van der Waals surface area contributed by atoms with E-state index in [9.17, 15) is 19.5 Å². The number of amides is 1. The van der Waals surface area contributed by atoms with E-state index in [1.165, 1.54) is 4.90 Å². The van der Waals surface area contributed by atoms with Crippen molar-refractivity contribution in [3.63, 3.8) is 0 Å². The van der Waals surface area contributed by atoms with Gasteiger partial charge in [0.1, 0.15) is 12.1 Å². The van der Waals surface area contributed by atoms with Crippen molar-refractivity contribution in [3.05, 3.63) is 0 Å². The molecule has 0 aliphatic carbocycles. The average Bonchev–Trinajstić information content (AvgIpc) is 3.00. The number of hydrogen-bond donors (Lipinski definition) is 2. The fraction of sp³-hybridized carbons (Fsp3) is 0.824. The quantitative estimate of drug-likeness (QED) is 0.615. The molecule has 7 heteroatoms. The Morgan fingerprint density at radius 2 is 1.92 bits per heavy atom. The van der Waals surface area contributed by atoms with Crippen LogP contribution in [0.4, 0.5) is 0 Å². The lowest BCUT2D eigenvalue weighted by Gasteiger charge is -2.28. The number of carbonyl (C=O) groups excluding carboxylic acids is 2. The van der Waals surface area contributed by atoms with Crippen LogP contribution in [0.2, 0.25) is 0 Å². The Labute approximate surface area is 143 Å². The molecule has 0 aromatic heterocycles. The molecule has 1 aliphatic rings. The number of carboxylic acids is 1. The molecule has 138 valence electrons. The van der Waals surface area contributed by atoms with Gasteiger partial charge in [-0.2, -0.15) is 0 Å². The normalized spacial score (nSPS) is 20.0. The van der Waals surface area contributed by atoms with Crippen LogP contribution in [0.1, 0.15) is 53.4 Å². The van der Waals surface area contributed by atoms with E-state index in [0.29, 0.717) is 31.7 Å². The van der Waals surface area contributed by atoms with Crippen molar-refractivity contribution in [2.24, 2.45) is 5.92 Å². The highest BCUT2D eigenvalue weighted by molar-refractivity contribution is 5.88. The van der Waals surface area contributed by atoms with Crippen molar-refractivity contribution < 1.29 is 24.2 Å². The zero-order valence-electron chi connectivity index (χ0n) is 15.1. The first-order valence-corrected chi connectivity index (χ1v) is 8.73. The Kier molecular flexibility index (Phi) is 8.18. The molecule has 1 rings (SSSR count). The zero-order valence-corrected chi connectivity index (χ0v) is 15.1. The van der Waals surface area contributed by atoms with E-state index in [2.05, 4.69) is 19.2 Å². The third-order valence-corrected chi connectivity index (χ3v) is 4.25. The predicted molar refractivity (Wildman–Crippen MR) is 89.5 cm³/mol. The Balaban J connectivity index is 2.71. The number of ether oxygens (including phenoxy) is 1. The van der Waals surface area contributed by atoms with Crippen molar-refractivity contribution in [1.29, 1.82) is 0 Å². The van der Waals surface area contributed by atoms with Crippen LogP contribution in [0.15, 0.2) is 0 Å². The third kappa shape index (κ3) is 5.78. The van der Waals surface area contributed by atoms with E-state index >= 15 is 0 Å². The Hall–Kier alpha value is -1.63. The van der Waals surface area contributed by atoms with E-state index in [1.54, 1.807) is 13.8 Å². The maximum Gasteiger partial charge on any atom is 0.326 e. The minimum absolute atomic E-state index is 0.279. The van der Waals surface area contributed by atoms with Gasteiger partial charge in [0.15, 0.2) is 0 Å². The minimum Gasteiger partial charge on any atom is -0.480 e.